The summed E-state index contributed by atoms with van der Waals surface area (Å²) in [6.07, 6.45) is 8.26. The number of amidine groups is 1. The molecular weight excluding hydrogens is 457 g/mol. The van der Waals surface area contributed by atoms with Gasteiger partial charge in [-0.15, -0.1) is 0 Å². The number of benzene rings is 2. The van der Waals surface area contributed by atoms with Gasteiger partial charge in [-0.3, -0.25) is 0 Å². The largest absolute Gasteiger partial charge is 0.495 e. The van der Waals surface area contributed by atoms with Gasteiger partial charge in [0.25, 0.3) is 0 Å². The minimum atomic E-state index is -1.47. The minimum absolute atomic E-state index is 0.119. The molecule has 3 heterocycles. The Kier molecular flexibility index (Phi) is 6.23. The van der Waals surface area contributed by atoms with Gasteiger partial charge in [-0.25, -0.2) is 18.2 Å². The van der Waals surface area contributed by atoms with Crippen LogP contribution in [0.5, 0.6) is 5.75 Å². The monoisotopic (exact) mass is 482 g/mol. The summed E-state index contributed by atoms with van der Waals surface area (Å²) in [5, 5.41) is 4.31. The second-order valence-electron chi connectivity index (χ2n) is 8.70. The van der Waals surface area contributed by atoms with E-state index in [4.69, 9.17) is 9.57 Å². The second kappa shape index (κ2) is 9.48. The number of nitrogens with zero attached hydrogens (tertiary/aromatic N) is 4. The van der Waals surface area contributed by atoms with E-state index in [2.05, 4.69) is 10.1 Å². The summed E-state index contributed by atoms with van der Waals surface area (Å²) in [5.41, 5.74) is 3.96. The van der Waals surface area contributed by atoms with Gasteiger partial charge in [0, 0.05) is 12.7 Å². The van der Waals surface area contributed by atoms with Crippen molar-refractivity contribution < 1.29 is 22.7 Å². The normalized spacial score (nSPS) is 19.1. The Hall–Kier alpha value is -3.75. The Labute approximate surface area is 201 Å². The first-order chi connectivity index (χ1) is 16.9. The lowest BCUT2D eigenvalue weighted by molar-refractivity contribution is 0.0611. The Morgan fingerprint density at radius 1 is 1.11 bits per heavy atom. The van der Waals surface area contributed by atoms with Crippen LogP contribution in [-0.4, -0.2) is 40.5 Å². The maximum absolute atomic E-state index is 14.0. The average Bonchev–Trinajstić information content (AvgIpc) is 3.19. The van der Waals surface area contributed by atoms with Crippen LogP contribution < -0.4 is 4.74 Å². The SMILES string of the molecule is COc1cc(/C=C2\CCCCN3C2=NOC[C@H]3c2cc(F)c(F)c(F)c2)ccc1-n1cnc(C)c1. The molecule has 0 N–H and O–H groups in total. The van der Waals surface area contributed by atoms with E-state index in [1.165, 1.54) is 0 Å². The number of hydrogen-bond acceptors (Lipinski definition) is 5. The van der Waals surface area contributed by atoms with Gasteiger partial charge in [-0.05, 0) is 73.2 Å². The number of imidazole rings is 1. The van der Waals surface area contributed by atoms with Gasteiger partial charge < -0.3 is 19.0 Å². The highest BCUT2D eigenvalue weighted by atomic mass is 19.2. The molecule has 5 rings (SSSR count). The maximum atomic E-state index is 14.0. The fraction of sp³-hybridized carbons (Fsp3) is 0.308. The maximum Gasteiger partial charge on any atom is 0.194 e. The van der Waals surface area contributed by atoms with Crippen molar-refractivity contribution in [2.45, 2.75) is 32.2 Å². The van der Waals surface area contributed by atoms with Crippen LogP contribution in [0, 0.1) is 24.4 Å². The fourth-order valence-corrected chi connectivity index (χ4v) is 4.61. The van der Waals surface area contributed by atoms with Gasteiger partial charge in [-0.1, -0.05) is 11.2 Å². The Morgan fingerprint density at radius 2 is 1.91 bits per heavy atom. The lowest BCUT2D eigenvalue weighted by Crippen LogP contribution is -2.40. The average molecular weight is 483 g/mol. The smallest absolute Gasteiger partial charge is 0.194 e. The molecule has 2 aromatic carbocycles. The second-order valence-corrected chi connectivity index (χ2v) is 8.70. The van der Waals surface area contributed by atoms with Crippen LogP contribution in [0.4, 0.5) is 13.2 Å². The summed E-state index contributed by atoms with van der Waals surface area (Å²) in [6, 6.07) is 7.49. The van der Waals surface area contributed by atoms with Crippen molar-refractivity contribution in [1.82, 2.24) is 14.5 Å². The minimum Gasteiger partial charge on any atom is -0.495 e. The molecule has 2 aliphatic rings. The van der Waals surface area contributed by atoms with Gasteiger partial charge in [0.15, 0.2) is 23.3 Å². The third kappa shape index (κ3) is 4.50. The van der Waals surface area contributed by atoms with E-state index in [-0.39, 0.29) is 6.61 Å². The molecule has 0 aliphatic carbocycles. The standard InChI is InChI=1S/C26H25F3N4O2/c1-16-13-32(15-30-16)22-7-6-17(10-24(22)34-2)9-18-5-3-4-8-33-23(14-35-31-26(18)33)19-11-20(27)25(29)21(28)12-19/h6-7,9-13,15,23H,3-5,8,14H2,1-2H3/b18-9+/t23-/m0/s1. The molecule has 1 atom stereocenters. The van der Waals surface area contributed by atoms with E-state index < -0.39 is 23.5 Å². The van der Waals surface area contributed by atoms with Crippen molar-refractivity contribution in [1.29, 1.82) is 0 Å². The van der Waals surface area contributed by atoms with Crippen molar-refractivity contribution in [3.8, 4) is 11.4 Å². The molecule has 2 aliphatic heterocycles. The van der Waals surface area contributed by atoms with E-state index in [1.54, 1.807) is 13.4 Å². The third-order valence-electron chi connectivity index (χ3n) is 6.34. The van der Waals surface area contributed by atoms with Gasteiger partial charge >= 0.3 is 0 Å². The van der Waals surface area contributed by atoms with Crippen LogP contribution in [0.1, 0.15) is 42.1 Å². The predicted octanol–water partition coefficient (Wildman–Crippen LogP) is 5.56. The van der Waals surface area contributed by atoms with Gasteiger partial charge in [0.1, 0.15) is 12.4 Å². The highest BCUT2D eigenvalue weighted by Crippen LogP contribution is 2.34. The summed E-state index contributed by atoms with van der Waals surface area (Å²) in [4.78, 5) is 11.8. The summed E-state index contributed by atoms with van der Waals surface area (Å²) < 4.78 is 49.0. The number of aromatic nitrogens is 2. The number of fused-ring (bicyclic) bond motifs is 1. The van der Waals surface area contributed by atoms with Crippen molar-refractivity contribution >= 4 is 11.9 Å². The fourth-order valence-electron chi connectivity index (χ4n) is 4.61. The molecule has 1 fully saturated rings. The molecule has 1 saturated heterocycles. The highest BCUT2D eigenvalue weighted by Gasteiger charge is 2.33. The summed E-state index contributed by atoms with van der Waals surface area (Å²) >= 11 is 0. The molecule has 0 spiro atoms. The van der Waals surface area contributed by atoms with E-state index in [0.717, 1.165) is 53.9 Å². The molecule has 1 aromatic heterocycles. The Morgan fingerprint density at radius 3 is 2.63 bits per heavy atom. The number of ether oxygens (including phenoxy) is 1. The third-order valence-corrected chi connectivity index (χ3v) is 6.34. The molecule has 0 amide bonds. The first-order valence-electron chi connectivity index (χ1n) is 11.5. The highest BCUT2D eigenvalue weighted by molar-refractivity contribution is 6.02. The number of halogens is 3. The Bertz CT molecular complexity index is 1290. The summed E-state index contributed by atoms with van der Waals surface area (Å²) in [7, 11) is 1.62. The first-order valence-corrected chi connectivity index (χ1v) is 11.5. The number of rotatable bonds is 4. The number of hydrogen-bond donors (Lipinski definition) is 0. The van der Waals surface area contributed by atoms with Crippen molar-refractivity contribution in [2.75, 3.05) is 20.3 Å². The van der Waals surface area contributed by atoms with Crippen molar-refractivity contribution in [3.05, 3.63) is 82.7 Å². The van der Waals surface area contributed by atoms with E-state index in [9.17, 15) is 13.2 Å². The molecule has 182 valence electrons. The zero-order valence-electron chi connectivity index (χ0n) is 19.5. The lowest BCUT2D eigenvalue weighted by atomic mass is 10.0. The molecule has 0 bridgehead atoms. The topological polar surface area (TPSA) is 51.9 Å². The van der Waals surface area contributed by atoms with Crippen LogP contribution in [0.3, 0.4) is 0 Å². The van der Waals surface area contributed by atoms with Gasteiger partial charge in [0.2, 0.25) is 0 Å². The van der Waals surface area contributed by atoms with Crippen molar-refractivity contribution in [2.24, 2.45) is 5.16 Å². The quantitative estimate of drug-likeness (QED) is 0.457. The van der Waals surface area contributed by atoms with E-state index >= 15 is 0 Å². The van der Waals surface area contributed by atoms with Crippen LogP contribution in [0.15, 0.2) is 53.6 Å². The van der Waals surface area contributed by atoms with Gasteiger partial charge in [0.05, 0.1) is 30.9 Å². The molecular formula is C26H25F3N4O2. The zero-order chi connectivity index (χ0) is 24.5. The number of methoxy groups -OCH3 is 1. The molecule has 0 radical (unpaired) electrons. The molecule has 35 heavy (non-hydrogen) atoms. The molecule has 6 nitrogen and oxygen atoms in total. The van der Waals surface area contributed by atoms with Crippen molar-refractivity contribution in [3.63, 3.8) is 0 Å². The van der Waals surface area contributed by atoms with E-state index in [1.807, 2.05) is 46.9 Å². The molecule has 9 heteroatoms. The number of aryl methyl sites for hydroxylation is 1. The Balaban J connectivity index is 1.49. The summed E-state index contributed by atoms with van der Waals surface area (Å²) in [6.45, 7) is 2.69. The van der Waals surface area contributed by atoms with E-state index in [0.29, 0.717) is 23.7 Å². The summed E-state index contributed by atoms with van der Waals surface area (Å²) in [5.74, 6) is -2.58. The molecule has 3 aromatic rings. The van der Waals surface area contributed by atoms with Crippen LogP contribution >= 0.6 is 0 Å². The van der Waals surface area contributed by atoms with Crippen LogP contribution in [0.25, 0.3) is 11.8 Å². The van der Waals surface area contributed by atoms with Crippen LogP contribution in [0.2, 0.25) is 0 Å². The number of oxime groups is 1. The van der Waals surface area contributed by atoms with Crippen LogP contribution in [-0.2, 0) is 4.84 Å². The molecule has 0 unspecified atom stereocenters. The first kappa shape index (κ1) is 23.0. The lowest BCUT2D eigenvalue weighted by Gasteiger charge is -2.36. The van der Waals surface area contributed by atoms with Gasteiger partial charge in [-0.2, -0.15) is 0 Å². The predicted molar refractivity (Wildman–Crippen MR) is 126 cm³/mol. The zero-order valence-corrected chi connectivity index (χ0v) is 19.5. The molecule has 0 saturated carbocycles.